The highest BCUT2D eigenvalue weighted by Gasteiger charge is 2.65. The van der Waals surface area contributed by atoms with Crippen LogP contribution in [0.25, 0.3) is 0 Å². The van der Waals surface area contributed by atoms with Crippen LogP contribution in [0.3, 0.4) is 0 Å². The number of piperidine rings is 1. The van der Waals surface area contributed by atoms with Gasteiger partial charge in [0.2, 0.25) is 0 Å². The number of fused-ring (bicyclic) bond motifs is 2. The first-order valence-electron chi connectivity index (χ1n) is 12.1. The van der Waals surface area contributed by atoms with Crippen molar-refractivity contribution in [2.45, 2.75) is 64.0 Å². The lowest BCUT2D eigenvalue weighted by molar-refractivity contribution is -0.0268. The highest BCUT2D eigenvalue weighted by Crippen LogP contribution is 2.67. The fraction of sp³-hybridized carbons (Fsp3) is 0.593. The number of ketones is 1. The minimum absolute atomic E-state index is 0.0292. The molecule has 0 amide bonds. The number of carbonyl (C=O) groups is 1. The van der Waals surface area contributed by atoms with Crippen LogP contribution < -0.4 is 9.47 Å². The molecular formula is C27H34N2O3. The van der Waals surface area contributed by atoms with E-state index in [2.05, 4.69) is 56.5 Å². The molecule has 4 aliphatic rings. The summed E-state index contributed by atoms with van der Waals surface area (Å²) in [7, 11) is 6.10. The van der Waals surface area contributed by atoms with Crippen molar-refractivity contribution < 1.29 is 14.3 Å². The largest absolute Gasteiger partial charge is 0.493 e. The number of hydrogen-bond acceptors (Lipinski definition) is 4. The molecule has 3 heterocycles. The summed E-state index contributed by atoms with van der Waals surface area (Å²) in [5, 5.41) is 0. The minimum atomic E-state index is -0.0536. The van der Waals surface area contributed by atoms with Gasteiger partial charge in [0, 0.05) is 30.5 Å². The molecular weight excluding hydrogens is 400 g/mol. The maximum atomic E-state index is 13.3. The fourth-order valence-corrected chi connectivity index (χ4v) is 7.64. The molecule has 170 valence electrons. The number of carbonyl (C=O) groups excluding carboxylic acids is 1. The Kier molecular flexibility index (Phi) is 4.21. The van der Waals surface area contributed by atoms with E-state index >= 15 is 0 Å². The van der Waals surface area contributed by atoms with Crippen LogP contribution in [-0.2, 0) is 25.3 Å². The first kappa shape index (κ1) is 20.3. The Morgan fingerprint density at radius 1 is 1.28 bits per heavy atom. The molecule has 2 bridgehead atoms. The van der Waals surface area contributed by atoms with Gasteiger partial charge in [-0.1, -0.05) is 19.9 Å². The summed E-state index contributed by atoms with van der Waals surface area (Å²) >= 11 is 0. The second-order valence-corrected chi connectivity index (χ2v) is 10.9. The second-order valence-electron chi connectivity index (χ2n) is 10.9. The lowest BCUT2D eigenvalue weighted by atomic mass is 9.51. The van der Waals surface area contributed by atoms with E-state index in [-0.39, 0.29) is 17.3 Å². The van der Waals surface area contributed by atoms with E-state index in [4.69, 9.17) is 9.47 Å². The Hall–Kier alpha value is -2.27. The Balaban J connectivity index is 1.60. The highest BCUT2D eigenvalue weighted by molar-refractivity contribution is 5.97. The number of aromatic nitrogens is 1. The van der Waals surface area contributed by atoms with Gasteiger partial charge < -0.3 is 18.9 Å². The summed E-state index contributed by atoms with van der Waals surface area (Å²) in [5.41, 5.74) is 7.41. The second kappa shape index (κ2) is 6.63. The van der Waals surface area contributed by atoms with Gasteiger partial charge in [-0.3, -0.25) is 4.79 Å². The molecule has 6 rings (SSSR count). The predicted molar refractivity (Wildman–Crippen MR) is 124 cm³/mol. The van der Waals surface area contributed by atoms with Crippen molar-refractivity contribution in [3.63, 3.8) is 0 Å². The molecule has 1 saturated heterocycles. The summed E-state index contributed by atoms with van der Waals surface area (Å²) in [5.74, 6) is 2.89. The van der Waals surface area contributed by atoms with E-state index in [1.165, 1.54) is 27.9 Å². The van der Waals surface area contributed by atoms with Gasteiger partial charge in [0.15, 0.2) is 17.3 Å². The summed E-state index contributed by atoms with van der Waals surface area (Å²) < 4.78 is 14.8. The average Bonchev–Trinajstić information content (AvgIpc) is 3.21. The summed E-state index contributed by atoms with van der Waals surface area (Å²) in [4.78, 5) is 15.8. The number of Topliss-reactive ketones (excluding diaryl/α,β-unsaturated/α-hetero) is 1. The topological polar surface area (TPSA) is 43.7 Å². The molecule has 32 heavy (non-hydrogen) atoms. The lowest BCUT2D eigenvalue weighted by Crippen LogP contribution is -2.62. The first-order chi connectivity index (χ1) is 15.3. The Morgan fingerprint density at radius 2 is 2.06 bits per heavy atom. The number of methoxy groups -OCH3 is 1. The van der Waals surface area contributed by atoms with E-state index in [1.54, 1.807) is 7.11 Å². The number of hydrogen-bond donors (Lipinski definition) is 0. The van der Waals surface area contributed by atoms with Crippen molar-refractivity contribution in [1.82, 2.24) is 9.47 Å². The molecule has 2 aliphatic carbocycles. The van der Waals surface area contributed by atoms with Gasteiger partial charge in [-0.15, -0.1) is 0 Å². The third-order valence-corrected chi connectivity index (χ3v) is 8.94. The minimum Gasteiger partial charge on any atom is -0.493 e. The summed E-state index contributed by atoms with van der Waals surface area (Å²) in [6, 6.07) is 4.84. The number of nitrogens with zero attached hydrogens (tertiary/aromatic N) is 2. The SMILES string of the molecule is COc1ccc2c3c1OC1c4c(c(C)c(C(=O)CC(C)C)n4C)CC4C(C2)N(C)CCC314. The van der Waals surface area contributed by atoms with Crippen molar-refractivity contribution in [3.05, 3.63) is 45.8 Å². The van der Waals surface area contributed by atoms with Gasteiger partial charge in [-0.25, -0.2) is 0 Å². The van der Waals surface area contributed by atoms with Crippen molar-refractivity contribution >= 4 is 5.78 Å². The molecule has 1 fully saturated rings. The van der Waals surface area contributed by atoms with E-state index in [0.717, 1.165) is 43.0 Å². The van der Waals surface area contributed by atoms with E-state index in [0.29, 0.717) is 24.3 Å². The quantitative estimate of drug-likeness (QED) is 0.670. The van der Waals surface area contributed by atoms with Crippen LogP contribution in [-0.4, -0.2) is 42.0 Å². The molecule has 1 aromatic carbocycles. The van der Waals surface area contributed by atoms with E-state index in [1.807, 2.05) is 0 Å². The Bertz CT molecular complexity index is 1150. The highest BCUT2D eigenvalue weighted by atomic mass is 16.5. The molecule has 0 saturated carbocycles. The zero-order valence-corrected chi connectivity index (χ0v) is 20.1. The Labute approximate surface area is 190 Å². The third kappa shape index (κ3) is 2.30. The Morgan fingerprint density at radius 3 is 2.78 bits per heavy atom. The van der Waals surface area contributed by atoms with Crippen molar-refractivity contribution in [3.8, 4) is 11.5 Å². The molecule has 4 unspecified atom stereocenters. The van der Waals surface area contributed by atoms with Crippen LogP contribution in [0.4, 0.5) is 0 Å². The standard InChI is InChI=1S/C27H34N2O3/c1-14(2)11-20(30)23-15(3)17-13-18-19-12-16-7-8-21(31-6)25-22(16)27(18,9-10-28(19)4)26(32-25)24(17)29(23)5/h7-8,14,18-19,26H,9-13H2,1-6H3. The summed E-state index contributed by atoms with van der Waals surface area (Å²) in [6.07, 6.45) is 3.70. The predicted octanol–water partition coefficient (Wildman–Crippen LogP) is 4.37. The van der Waals surface area contributed by atoms with Crippen LogP contribution in [0.5, 0.6) is 11.5 Å². The van der Waals surface area contributed by atoms with Crippen molar-refractivity contribution in [2.75, 3.05) is 20.7 Å². The molecule has 5 heteroatoms. The first-order valence-corrected chi connectivity index (χ1v) is 12.1. The van der Waals surface area contributed by atoms with Crippen LogP contribution in [0, 0.1) is 18.8 Å². The van der Waals surface area contributed by atoms with Gasteiger partial charge in [0.25, 0.3) is 0 Å². The smallest absolute Gasteiger partial charge is 0.179 e. The van der Waals surface area contributed by atoms with Gasteiger partial charge in [0.05, 0.1) is 18.5 Å². The zero-order valence-electron chi connectivity index (χ0n) is 20.1. The molecule has 0 N–H and O–H groups in total. The van der Waals surface area contributed by atoms with Crippen LogP contribution in [0.2, 0.25) is 0 Å². The number of likely N-dealkylation sites (N-methyl/N-ethyl adjacent to an activating group) is 1. The van der Waals surface area contributed by atoms with Crippen LogP contribution >= 0.6 is 0 Å². The molecule has 0 radical (unpaired) electrons. The number of benzene rings is 1. The maximum absolute atomic E-state index is 13.3. The van der Waals surface area contributed by atoms with E-state index < -0.39 is 0 Å². The number of likely N-dealkylation sites (tertiary alicyclic amines) is 1. The maximum Gasteiger partial charge on any atom is 0.179 e. The zero-order chi connectivity index (χ0) is 22.5. The number of rotatable bonds is 4. The number of ether oxygens (including phenoxy) is 2. The molecule has 1 spiro atoms. The van der Waals surface area contributed by atoms with E-state index in [9.17, 15) is 4.79 Å². The molecule has 5 nitrogen and oxygen atoms in total. The molecule has 2 aliphatic heterocycles. The summed E-state index contributed by atoms with van der Waals surface area (Å²) in [6.45, 7) is 7.47. The van der Waals surface area contributed by atoms with Crippen molar-refractivity contribution in [1.29, 1.82) is 0 Å². The third-order valence-electron chi connectivity index (χ3n) is 8.94. The van der Waals surface area contributed by atoms with Crippen molar-refractivity contribution in [2.24, 2.45) is 18.9 Å². The monoisotopic (exact) mass is 434 g/mol. The van der Waals surface area contributed by atoms with Gasteiger partial charge in [-0.2, -0.15) is 0 Å². The normalized spacial score (nSPS) is 29.5. The average molecular weight is 435 g/mol. The molecule has 2 aromatic rings. The van der Waals surface area contributed by atoms with Gasteiger partial charge >= 0.3 is 0 Å². The van der Waals surface area contributed by atoms with Gasteiger partial charge in [0.1, 0.15) is 6.10 Å². The van der Waals surface area contributed by atoms with Gasteiger partial charge in [-0.05, 0) is 74.4 Å². The van der Waals surface area contributed by atoms with Crippen LogP contribution in [0.15, 0.2) is 12.1 Å². The van der Waals surface area contributed by atoms with Crippen LogP contribution in [0.1, 0.15) is 71.2 Å². The molecule has 4 atom stereocenters. The fourth-order valence-electron chi connectivity index (χ4n) is 7.64. The lowest BCUT2D eigenvalue weighted by Gasteiger charge is -2.57. The molecule has 1 aromatic heterocycles.